The number of anilines is 1. The first-order valence-electron chi connectivity index (χ1n) is 12.4. The van der Waals surface area contributed by atoms with E-state index < -0.39 is 0 Å². The molecule has 0 radical (unpaired) electrons. The van der Waals surface area contributed by atoms with Crippen LogP contribution in [0.25, 0.3) is 10.9 Å². The first kappa shape index (κ1) is 25.4. The van der Waals surface area contributed by atoms with Gasteiger partial charge >= 0.3 is 0 Å². The van der Waals surface area contributed by atoms with E-state index >= 15 is 0 Å². The summed E-state index contributed by atoms with van der Waals surface area (Å²) >= 11 is 1.14. The highest BCUT2D eigenvalue weighted by molar-refractivity contribution is 7.99. The lowest BCUT2D eigenvalue weighted by atomic mass is 10.1. The van der Waals surface area contributed by atoms with E-state index in [-0.39, 0.29) is 35.3 Å². The number of nitrogens with one attached hydrogen (secondary N) is 2. The van der Waals surface area contributed by atoms with Crippen molar-refractivity contribution in [2.45, 2.75) is 56.5 Å². The van der Waals surface area contributed by atoms with E-state index in [0.29, 0.717) is 52.9 Å². The van der Waals surface area contributed by atoms with Crippen molar-refractivity contribution in [3.63, 3.8) is 0 Å². The topological polar surface area (TPSA) is 138 Å². The highest BCUT2D eigenvalue weighted by Crippen LogP contribution is 2.22. The van der Waals surface area contributed by atoms with Crippen LogP contribution in [0.2, 0.25) is 0 Å². The van der Waals surface area contributed by atoms with Crippen molar-refractivity contribution in [1.29, 1.82) is 0 Å². The molecule has 0 aliphatic carbocycles. The summed E-state index contributed by atoms with van der Waals surface area (Å²) in [6.45, 7) is 3.89. The van der Waals surface area contributed by atoms with Crippen LogP contribution >= 0.6 is 11.8 Å². The van der Waals surface area contributed by atoms with Crippen LogP contribution in [0.5, 0.6) is 0 Å². The second kappa shape index (κ2) is 11.4. The monoisotopic (exact) mass is 527 g/mol. The molecule has 12 heteroatoms. The molecular weight excluding hydrogens is 498 g/mol. The van der Waals surface area contributed by atoms with Crippen molar-refractivity contribution in [3.05, 3.63) is 45.9 Å². The molecule has 3 aromatic rings. The van der Waals surface area contributed by atoms with Crippen molar-refractivity contribution < 1.29 is 23.6 Å². The Morgan fingerprint density at radius 1 is 1.14 bits per heavy atom. The van der Waals surface area contributed by atoms with Crippen molar-refractivity contribution in [2.75, 3.05) is 30.8 Å². The van der Waals surface area contributed by atoms with Gasteiger partial charge in [0.1, 0.15) is 5.76 Å². The fraction of sp³-hybridized carbons (Fsp3) is 0.480. The third-order valence-corrected chi connectivity index (χ3v) is 7.31. The number of aromatic nitrogens is 3. The van der Waals surface area contributed by atoms with Gasteiger partial charge in [-0.15, -0.1) is 0 Å². The lowest BCUT2D eigenvalue weighted by molar-refractivity contribution is -0.113. The lowest BCUT2D eigenvalue weighted by Gasteiger charge is -2.17. The zero-order valence-corrected chi connectivity index (χ0v) is 21.3. The predicted octanol–water partition coefficient (Wildman–Crippen LogP) is 2.51. The third kappa shape index (κ3) is 6.20. The average molecular weight is 528 g/mol. The maximum absolute atomic E-state index is 13.5. The molecule has 37 heavy (non-hydrogen) atoms. The summed E-state index contributed by atoms with van der Waals surface area (Å²) in [5.41, 5.74) is 0.569. The Bertz CT molecular complexity index is 1340. The number of rotatable bonds is 9. The van der Waals surface area contributed by atoms with Gasteiger partial charge in [0, 0.05) is 31.4 Å². The summed E-state index contributed by atoms with van der Waals surface area (Å²) in [4.78, 5) is 43.4. The number of nitrogens with zero attached hydrogens (tertiary/aromatic N) is 3. The van der Waals surface area contributed by atoms with Crippen LogP contribution in [-0.4, -0.2) is 64.2 Å². The minimum Gasteiger partial charge on any atom is -0.376 e. The van der Waals surface area contributed by atoms with E-state index in [1.807, 2.05) is 0 Å². The summed E-state index contributed by atoms with van der Waals surface area (Å²) in [5, 5.41) is 10.1. The molecule has 2 aromatic heterocycles. The normalized spacial score (nSPS) is 19.4. The SMILES string of the molecule is Cc1cc(NC(=O)CSc2nc3cc(C(=O)NC[C@H]4CCCO4)ccc3c(=O)n2C[C@H]2CCCO2)no1. The van der Waals surface area contributed by atoms with Gasteiger partial charge in [0.25, 0.3) is 11.5 Å². The second-order valence-corrected chi connectivity index (χ2v) is 10.1. The molecule has 5 rings (SSSR count). The number of aryl methyl sites for hydroxylation is 1. The molecule has 0 unspecified atom stereocenters. The Labute approximate surface area is 217 Å². The first-order chi connectivity index (χ1) is 18.0. The van der Waals surface area contributed by atoms with Gasteiger partial charge in [-0.1, -0.05) is 16.9 Å². The van der Waals surface area contributed by atoms with Gasteiger partial charge in [-0.2, -0.15) is 0 Å². The Hall–Kier alpha value is -3.22. The molecule has 0 saturated carbocycles. The highest BCUT2D eigenvalue weighted by atomic mass is 32.2. The summed E-state index contributed by atoms with van der Waals surface area (Å²) < 4.78 is 17.9. The molecule has 0 spiro atoms. The molecule has 2 amide bonds. The van der Waals surface area contributed by atoms with Gasteiger partial charge in [-0.3, -0.25) is 19.0 Å². The predicted molar refractivity (Wildman–Crippen MR) is 137 cm³/mol. The summed E-state index contributed by atoms with van der Waals surface area (Å²) in [6, 6.07) is 6.49. The molecule has 0 bridgehead atoms. The largest absolute Gasteiger partial charge is 0.376 e. The smallest absolute Gasteiger partial charge is 0.262 e. The van der Waals surface area contributed by atoms with Crippen LogP contribution in [0.3, 0.4) is 0 Å². The highest BCUT2D eigenvalue weighted by Gasteiger charge is 2.22. The number of carbonyl (C=O) groups is 2. The van der Waals surface area contributed by atoms with Gasteiger partial charge in [-0.05, 0) is 50.8 Å². The second-order valence-electron chi connectivity index (χ2n) is 9.18. The van der Waals surface area contributed by atoms with Crippen LogP contribution in [0.4, 0.5) is 5.82 Å². The molecule has 2 saturated heterocycles. The maximum Gasteiger partial charge on any atom is 0.262 e. The van der Waals surface area contributed by atoms with Gasteiger partial charge in [0.2, 0.25) is 5.91 Å². The van der Waals surface area contributed by atoms with Gasteiger partial charge < -0.3 is 24.6 Å². The lowest BCUT2D eigenvalue weighted by Crippen LogP contribution is -2.32. The van der Waals surface area contributed by atoms with Crippen LogP contribution < -0.4 is 16.2 Å². The van der Waals surface area contributed by atoms with Crippen molar-refractivity contribution >= 4 is 40.3 Å². The molecule has 2 fully saturated rings. The van der Waals surface area contributed by atoms with Gasteiger partial charge in [-0.25, -0.2) is 4.98 Å². The maximum atomic E-state index is 13.5. The van der Waals surface area contributed by atoms with Crippen LogP contribution in [0.15, 0.2) is 38.7 Å². The summed E-state index contributed by atoms with van der Waals surface area (Å²) in [6.07, 6.45) is 3.65. The molecule has 2 aliphatic rings. The van der Waals surface area contributed by atoms with E-state index in [0.717, 1.165) is 44.1 Å². The van der Waals surface area contributed by atoms with Gasteiger partial charge in [0.05, 0.1) is 35.4 Å². The Kier molecular flexibility index (Phi) is 7.87. The van der Waals surface area contributed by atoms with Crippen LogP contribution in [0.1, 0.15) is 41.8 Å². The number of benzene rings is 1. The quantitative estimate of drug-likeness (QED) is 0.318. The molecule has 196 valence electrons. The van der Waals surface area contributed by atoms with Crippen LogP contribution in [-0.2, 0) is 20.8 Å². The number of amides is 2. The Morgan fingerprint density at radius 3 is 2.62 bits per heavy atom. The number of ether oxygens (including phenoxy) is 2. The summed E-state index contributed by atoms with van der Waals surface area (Å²) in [7, 11) is 0. The fourth-order valence-electron chi connectivity index (χ4n) is 4.45. The van der Waals surface area contributed by atoms with E-state index in [9.17, 15) is 14.4 Å². The van der Waals surface area contributed by atoms with Gasteiger partial charge in [0.15, 0.2) is 11.0 Å². The summed E-state index contributed by atoms with van der Waals surface area (Å²) in [5.74, 6) is 0.361. The molecule has 4 heterocycles. The molecule has 1 aromatic carbocycles. The standard InChI is InChI=1S/C25H29N5O6S/c1-15-10-21(29-36-15)28-22(31)14-37-25-27-20-11-16(23(32)26-12-17-4-2-8-34-17)6-7-19(20)24(33)30(25)13-18-5-3-9-35-18/h6-7,10-11,17-18H,2-5,8-9,12-14H2,1H3,(H,26,32)(H,28,29,31)/t17-,18-/m1/s1. The van der Waals surface area contributed by atoms with Crippen LogP contribution in [0, 0.1) is 6.92 Å². The number of carbonyl (C=O) groups excluding carboxylic acids is 2. The van der Waals surface area contributed by atoms with Crippen molar-refractivity contribution in [2.24, 2.45) is 0 Å². The van der Waals surface area contributed by atoms with Crippen molar-refractivity contribution in [3.8, 4) is 0 Å². The number of hydrogen-bond donors (Lipinski definition) is 2. The average Bonchev–Trinajstić information content (AvgIpc) is 3.67. The Morgan fingerprint density at radius 2 is 1.92 bits per heavy atom. The Balaban J connectivity index is 1.37. The molecular formula is C25H29N5O6S. The van der Waals surface area contributed by atoms with E-state index in [4.69, 9.17) is 19.0 Å². The first-order valence-corrected chi connectivity index (χ1v) is 13.4. The number of fused-ring (bicyclic) bond motifs is 1. The zero-order chi connectivity index (χ0) is 25.8. The molecule has 2 aliphatic heterocycles. The molecule has 2 N–H and O–H groups in total. The third-order valence-electron chi connectivity index (χ3n) is 6.33. The molecule has 11 nitrogen and oxygen atoms in total. The number of hydrogen-bond acceptors (Lipinski definition) is 9. The minimum atomic E-state index is -0.307. The molecule has 2 atom stereocenters. The van der Waals surface area contributed by atoms with E-state index in [1.54, 1.807) is 35.8 Å². The van der Waals surface area contributed by atoms with E-state index in [1.165, 1.54) is 0 Å². The van der Waals surface area contributed by atoms with E-state index in [2.05, 4.69) is 15.8 Å². The zero-order valence-electron chi connectivity index (χ0n) is 20.5. The minimum absolute atomic E-state index is 0.0109. The number of thioether (sulfide) groups is 1. The fourth-order valence-corrected chi connectivity index (χ4v) is 5.26. The van der Waals surface area contributed by atoms with Crippen molar-refractivity contribution in [1.82, 2.24) is 20.0 Å².